The Hall–Kier alpha value is -2.21. The number of rotatable bonds is 8. The van der Waals surface area contributed by atoms with Crippen molar-refractivity contribution in [3.05, 3.63) is 58.1 Å². The molecule has 0 heterocycles. The molecule has 0 radical (unpaired) electrons. The van der Waals surface area contributed by atoms with Crippen LogP contribution in [0.2, 0.25) is 10.0 Å². The molecule has 0 amide bonds. The van der Waals surface area contributed by atoms with E-state index in [2.05, 4.69) is 23.7 Å². The van der Waals surface area contributed by atoms with Crippen LogP contribution in [0.3, 0.4) is 0 Å². The summed E-state index contributed by atoms with van der Waals surface area (Å²) >= 11 is 11.8. The molecule has 6 heteroatoms. The zero-order valence-corrected chi connectivity index (χ0v) is 17.7. The van der Waals surface area contributed by atoms with Crippen LogP contribution in [0.1, 0.15) is 38.2 Å². The van der Waals surface area contributed by atoms with Crippen LogP contribution in [0, 0.1) is 23.7 Å². The number of aliphatic hydroxyl groups is 2. The predicted molar refractivity (Wildman–Crippen MR) is 117 cm³/mol. The van der Waals surface area contributed by atoms with E-state index >= 15 is 0 Å². The van der Waals surface area contributed by atoms with Gasteiger partial charge in [0.2, 0.25) is 0 Å². The topological polar surface area (TPSA) is 66.8 Å². The molecule has 0 aliphatic carbocycles. The summed E-state index contributed by atoms with van der Waals surface area (Å²) < 4.78 is 4.81. The first-order valence-electron chi connectivity index (χ1n) is 9.22. The summed E-state index contributed by atoms with van der Waals surface area (Å²) in [7, 11) is 0. The predicted octanol–water partition coefficient (Wildman–Crippen LogP) is 4.31. The molecule has 0 bridgehead atoms. The van der Waals surface area contributed by atoms with E-state index in [1.807, 2.05) is 0 Å². The molecular formula is C23H24Cl2O4. The highest BCUT2D eigenvalue weighted by molar-refractivity contribution is 6.42. The molecule has 0 aliphatic rings. The van der Waals surface area contributed by atoms with Crippen molar-refractivity contribution < 1.29 is 19.7 Å². The molecule has 0 fully saturated rings. The number of halogens is 2. The Kier molecular flexibility index (Phi) is 12.6. The number of aliphatic hydroxyl groups excluding tert-OH is 2. The second-order valence-electron chi connectivity index (χ2n) is 5.95. The van der Waals surface area contributed by atoms with E-state index in [0.29, 0.717) is 29.5 Å². The van der Waals surface area contributed by atoms with Crippen LogP contribution in [0.4, 0.5) is 0 Å². The lowest BCUT2D eigenvalue weighted by Crippen LogP contribution is -2.07. The summed E-state index contributed by atoms with van der Waals surface area (Å²) in [5, 5.41) is 20.5. The summed E-state index contributed by atoms with van der Waals surface area (Å²) in [6.45, 7) is 2.11. The first-order valence-corrected chi connectivity index (χ1v) is 9.98. The fraction of sp³-hybridized carbons (Fsp3) is 0.348. The van der Waals surface area contributed by atoms with Crippen LogP contribution in [-0.2, 0) is 9.53 Å². The molecule has 0 aromatic heterocycles. The molecule has 1 aromatic carbocycles. The Bertz CT molecular complexity index is 838. The smallest absolute Gasteiger partial charge is 0.305 e. The van der Waals surface area contributed by atoms with Gasteiger partial charge in [-0.25, -0.2) is 0 Å². The maximum atomic E-state index is 11.2. The van der Waals surface area contributed by atoms with Crippen LogP contribution in [0.15, 0.2) is 42.5 Å². The second kappa shape index (κ2) is 14.7. The van der Waals surface area contributed by atoms with Crippen molar-refractivity contribution in [1.29, 1.82) is 0 Å². The van der Waals surface area contributed by atoms with Gasteiger partial charge in [0.1, 0.15) is 6.10 Å². The van der Waals surface area contributed by atoms with E-state index in [9.17, 15) is 15.0 Å². The van der Waals surface area contributed by atoms with E-state index < -0.39 is 12.2 Å². The fourth-order valence-corrected chi connectivity index (χ4v) is 2.38. The first kappa shape index (κ1) is 24.8. The number of carbonyl (C=O) groups is 1. The molecule has 0 unspecified atom stereocenters. The molecule has 0 aliphatic heterocycles. The Morgan fingerprint density at radius 2 is 2.03 bits per heavy atom. The SMILES string of the molecule is CCOC(=O)CCC[C@H](O)C#C/C=C/C=C/[C@H](O)CC#Cc1ccc(Cl)c(Cl)c1. The molecule has 154 valence electrons. The van der Waals surface area contributed by atoms with Crippen LogP contribution in [0.25, 0.3) is 0 Å². The zero-order chi connectivity index (χ0) is 21.5. The van der Waals surface area contributed by atoms with Gasteiger partial charge in [-0.1, -0.05) is 65.1 Å². The summed E-state index contributed by atoms with van der Waals surface area (Å²) in [6.07, 6.45) is 6.46. The lowest BCUT2D eigenvalue weighted by atomic mass is 10.1. The summed E-state index contributed by atoms with van der Waals surface area (Å²) in [4.78, 5) is 11.2. The minimum Gasteiger partial charge on any atom is -0.466 e. The summed E-state index contributed by atoms with van der Waals surface area (Å²) in [6, 6.07) is 5.11. The Labute approximate surface area is 182 Å². The van der Waals surface area contributed by atoms with E-state index in [1.54, 1.807) is 49.4 Å². The minimum absolute atomic E-state index is 0.266. The van der Waals surface area contributed by atoms with Gasteiger partial charge in [-0.3, -0.25) is 4.79 Å². The fourth-order valence-electron chi connectivity index (χ4n) is 2.09. The monoisotopic (exact) mass is 434 g/mol. The minimum atomic E-state index is -0.791. The van der Waals surface area contributed by atoms with Gasteiger partial charge in [0.05, 0.1) is 22.8 Å². The quantitative estimate of drug-likeness (QED) is 0.363. The largest absolute Gasteiger partial charge is 0.466 e. The Morgan fingerprint density at radius 3 is 2.76 bits per heavy atom. The zero-order valence-electron chi connectivity index (χ0n) is 16.2. The van der Waals surface area contributed by atoms with Gasteiger partial charge in [0, 0.05) is 18.4 Å². The number of benzene rings is 1. The number of hydrogen-bond acceptors (Lipinski definition) is 4. The third-order valence-electron chi connectivity index (χ3n) is 3.50. The van der Waals surface area contributed by atoms with Gasteiger partial charge < -0.3 is 14.9 Å². The third-order valence-corrected chi connectivity index (χ3v) is 4.24. The molecule has 2 atom stereocenters. The van der Waals surface area contributed by atoms with Gasteiger partial charge in [0.25, 0.3) is 0 Å². The van der Waals surface area contributed by atoms with Crippen molar-refractivity contribution in [2.45, 2.75) is 44.8 Å². The van der Waals surface area contributed by atoms with Crippen molar-refractivity contribution in [3.8, 4) is 23.7 Å². The van der Waals surface area contributed by atoms with E-state index in [0.717, 1.165) is 5.56 Å². The number of allylic oxidation sites excluding steroid dienone is 3. The average molecular weight is 435 g/mol. The molecule has 1 aromatic rings. The van der Waals surface area contributed by atoms with Crippen molar-refractivity contribution in [3.63, 3.8) is 0 Å². The molecule has 29 heavy (non-hydrogen) atoms. The Balaban J connectivity index is 2.31. The third kappa shape index (κ3) is 12.1. The molecule has 0 saturated heterocycles. The Morgan fingerprint density at radius 1 is 1.24 bits per heavy atom. The summed E-state index contributed by atoms with van der Waals surface area (Å²) in [5.41, 5.74) is 0.728. The van der Waals surface area contributed by atoms with Gasteiger partial charge in [-0.05, 0) is 44.0 Å². The lowest BCUT2D eigenvalue weighted by molar-refractivity contribution is -0.143. The molecule has 1 rings (SSSR count). The number of carbonyl (C=O) groups excluding carboxylic acids is 1. The van der Waals surface area contributed by atoms with E-state index in [1.165, 1.54) is 0 Å². The van der Waals surface area contributed by atoms with Gasteiger partial charge >= 0.3 is 5.97 Å². The highest BCUT2D eigenvalue weighted by atomic mass is 35.5. The van der Waals surface area contributed by atoms with Crippen LogP contribution < -0.4 is 0 Å². The normalized spacial score (nSPS) is 12.7. The van der Waals surface area contributed by atoms with Crippen molar-refractivity contribution >= 4 is 29.2 Å². The van der Waals surface area contributed by atoms with E-state index in [4.69, 9.17) is 27.9 Å². The first-order chi connectivity index (χ1) is 13.9. The summed E-state index contributed by atoms with van der Waals surface area (Å²) in [5.74, 6) is 10.9. The lowest BCUT2D eigenvalue weighted by Gasteiger charge is -2.03. The average Bonchev–Trinajstić information content (AvgIpc) is 2.67. The number of esters is 1. The molecule has 0 spiro atoms. The highest BCUT2D eigenvalue weighted by Gasteiger charge is 2.04. The molecule has 0 saturated carbocycles. The van der Waals surface area contributed by atoms with Crippen LogP contribution in [-0.4, -0.2) is 35.0 Å². The van der Waals surface area contributed by atoms with Gasteiger partial charge in [-0.15, -0.1) is 0 Å². The molecule has 4 nitrogen and oxygen atoms in total. The van der Waals surface area contributed by atoms with Gasteiger partial charge in [-0.2, -0.15) is 0 Å². The maximum absolute atomic E-state index is 11.2. The molecule has 2 N–H and O–H groups in total. The second-order valence-corrected chi connectivity index (χ2v) is 6.76. The standard InChI is InChI=1S/C23H24Cl2O4/c1-2-29-23(28)14-8-13-20(27)11-6-4-3-5-10-19(26)12-7-9-18-15-16-21(24)22(25)17-18/h3-5,10,15-17,19-20,26-27H,2,8,12-14H2,1H3/b4-3+,10-5+/t19-,20+/m0/s1. The van der Waals surface area contributed by atoms with Crippen molar-refractivity contribution in [1.82, 2.24) is 0 Å². The number of hydrogen-bond donors (Lipinski definition) is 2. The molecular weight excluding hydrogens is 411 g/mol. The van der Waals surface area contributed by atoms with Crippen LogP contribution >= 0.6 is 23.2 Å². The van der Waals surface area contributed by atoms with Crippen molar-refractivity contribution in [2.24, 2.45) is 0 Å². The van der Waals surface area contributed by atoms with Crippen LogP contribution in [0.5, 0.6) is 0 Å². The van der Waals surface area contributed by atoms with Crippen molar-refractivity contribution in [2.75, 3.05) is 6.61 Å². The highest BCUT2D eigenvalue weighted by Crippen LogP contribution is 2.22. The van der Waals surface area contributed by atoms with E-state index in [-0.39, 0.29) is 18.8 Å². The maximum Gasteiger partial charge on any atom is 0.305 e. The van der Waals surface area contributed by atoms with Gasteiger partial charge in [0.15, 0.2) is 0 Å². The number of ether oxygens (including phenoxy) is 1.